The number of hydrogen-bond donors (Lipinski definition) is 1. The van der Waals surface area contributed by atoms with E-state index in [9.17, 15) is 9.59 Å². The molecule has 0 aliphatic heterocycles. The second-order valence-corrected chi connectivity index (χ2v) is 5.77. The van der Waals surface area contributed by atoms with Gasteiger partial charge < -0.3 is 5.32 Å². The normalized spacial score (nSPS) is 11.7. The second kappa shape index (κ2) is 6.09. The Morgan fingerprint density at radius 3 is 2.52 bits per heavy atom. The fraction of sp³-hybridized carbons (Fsp3) is 0.357. The summed E-state index contributed by atoms with van der Waals surface area (Å²) in [6, 6.07) is 5.36. The lowest BCUT2D eigenvalue weighted by Crippen LogP contribution is -2.30. The van der Waals surface area contributed by atoms with E-state index >= 15 is 0 Å². The highest BCUT2D eigenvalue weighted by atomic mass is 32.1. The number of nitrogens with zero attached hydrogens (tertiary/aromatic N) is 3. The second-order valence-electron chi connectivity index (χ2n) is 4.68. The predicted molar refractivity (Wildman–Crippen MR) is 83.0 cm³/mol. The molecule has 0 fully saturated rings. The van der Waals surface area contributed by atoms with Crippen molar-refractivity contribution in [2.45, 2.75) is 20.8 Å². The molecule has 2 amide bonds. The van der Waals surface area contributed by atoms with Crippen LogP contribution in [0.5, 0.6) is 0 Å². The maximum absolute atomic E-state index is 12.4. The Morgan fingerprint density at radius 1 is 1.33 bits per heavy atom. The molecule has 112 valence electrons. The van der Waals surface area contributed by atoms with Gasteiger partial charge in [-0.05, 0) is 43.4 Å². The van der Waals surface area contributed by atoms with E-state index in [2.05, 4.69) is 10.3 Å². The zero-order valence-electron chi connectivity index (χ0n) is 12.5. The molecule has 0 bridgehead atoms. The van der Waals surface area contributed by atoms with Crippen LogP contribution in [0.1, 0.15) is 18.1 Å². The fourth-order valence-corrected chi connectivity index (χ4v) is 2.90. The van der Waals surface area contributed by atoms with Crippen molar-refractivity contribution in [2.75, 3.05) is 6.54 Å². The van der Waals surface area contributed by atoms with Crippen LogP contribution in [0.25, 0.3) is 5.69 Å². The third-order valence-corrected chi connectivity index (χ3v) is 3.93. The topological polar surface area (TPSA) is 68.4 Å². The van der Waals surface area contributed by atoms with Crippen LogP contribution in [0.2, 0.25) is 0 Å². The van der Waals surface area contributed by atoms with Crippen LogP contribution < -0.4 is 15.8 Å². The van der Waals surface area contributed by atoms with E-state index in [1.54, 1.807) is 7.05 Å². The van der Waals surface area contributed by atoms with Crippen molar-refractivity contribution in [1.29, 1.82) is 0 Å². The highest BCUT2D eigenvalue weighted by Gasteiger charge is 2.13. The Kier molecular flexibility index (Phi) is 4.42. The van der Waals surface area contributed by atoms with Gasteiger partial charge in [-0.2, -0.15) is 4.99 Å². The summed E-state index contributed by atoms with van der Waals surface area (Å²) in [5, 5.41) is 2.61. The van der Waals surface area contributed by atoms with E-state index in [1.165, 1.54) is 8.52 Å². The van der Waals surface area contributed by atoms with Crippen molar-refractivity contribution in [3.8, 4) is 5.69 Å². The number of amides is 2. The largest absolute Gasteiger partial charge is 0.344 e. The van der Waals surface area contributed by atoms with Crippen molar-refractivity contribution < 1.29 is 4.79 Å². The van der Waals surface area contributed by atoms with Crippen LogP contribution in [0.3, 0.4) is 0 Å². The Bertz CT molecular complexity index is 778. The van der Waals surface area contributed by atoms with Crippen molar-refractivity contribution in [3.05, 3.63) is 44.6 Å². The highest BCUT2D eigenvalue weighted by molar-refractivity contribution is 7.03. The minimum absolute atomic E-state index is 0.208. The SMILES string of the molecule is CCNC(=O)/N=c1\sn(C)c(=O)n1-c1c(C)cccc1C. The summed E-state index contributed by atoms with van der Waals surface area (Å²) in [7, 11) is 1.66. The summed E-state index contributed by atoms with van der Waals surface area (Å²) < 4.78 is 2.95. The van der Waals surface area contributed by atoms with Gasteiger partial charge in [-0.1, -0.05) is 18.2 Å². The monoisotopic (exact) mass is 306 g/mol. The lowest BCUT2D eigenvalue weighted by Gasteiger charge is -2.09. The van der Waals surface area contributed by atoms with Gasteiger partial charge in [0.05, 0.1) is 5.69 Å². The van der Waals surface area contributed by atoms with Gasteiger partial charge in [0.2, 0.25) is 4.80 Å². The summed E-state index contributed by atoms with van der Waals surface area (Å²) in [4.78, 5) is 28.4. The lowest BCUT2D eigenvalue weighted by atomic mass is 10.1. The van der Waals surface area contributed by atoms with Gasteiger partial charge in [0, 0.05) is 13.6 Å². The maximum Gasteiger partial charge on any atom is 0.344 e. The first kappa shape index (κ1) is 15.2. The number of carbonyl (C=O) groups excluding carboxylic acids is 1. The number of nitrogens with one attached hydrogen (secondary N) is 1. The molecule has 0 saturated carbocycles. The number of hydrogen-bond acceptors (Lipinski definition) is 3. The Balaban J connectivity index is 2.75. The number of para-hydroxylation sites is 1. The van der Waals surface area contributed by atoms with E-state index < -0.39 is 6.03 Å². The first-order valence-electron chi connectivity index (χ1n) is 6.64. The van der Waals surface area contributed by atoms with Gasteiger partial charge in [-0.3, -0.25) is 0 Å². The zero-order valence-corrected chi connectivity index (χ0v) is 13.3. The van der Waals surface area contributed by atoms with Crippen LogP contribution in [-0.2, 0) is 7.05 Å². The molecule has 6 nitrogen and oxygen atoms in total. The molecule has 1 aromatic heterocycles. The van der Waals surface area contributed by atoms with Gasteiger partial charge >= 0.3 is 11.7 Å². The number of carbonyl (C=O) groups is 1. The van der Waals surface area contributed by atoms with Gasteiger partial charge in [0.25, 0.3) is 0 Å². The summed E-state index contributed by atoms with van der Waals surface area (Å²) >= 11 is 1.15. The van der Waals surface area contributed by atoms with E-state index in [0.29, 0.717) is 11.3 Å². The molecule has 0 unspecified atom stereocenters. The lowest BCUT2D eigenvalue weighted by molar-refractivity contribution is 0.249. The van der Waals surface area contributed by atoms with Crippen LogP contribution in [0.4, 0.5) is 4.79 Å². The molecule has 2 rings (SSSR count). The molecule has 0 aliphatic carbocycles. The van der Waals surface area contributed by atoms with Crippen LogP contribution in [-0.4, -0.2) is 21.1 Å². The van der Waals surface area contributed by atoms with Gasteiger partial charge in [0.1, 0.15) is 0 Å². The fourth-order valence-electron chi connectivity index (χ4n) is 2.12. The van der Waals surface area contributed by atoms with Crippen molar-refractivity contribution in [3.63, 3.8) is 0 Å². The first-order chi connectivity index (χ1) is 9.95. The number of rotatable bonds is 2. The minimum Gasteiger partial charge on any atom is -0.336 e. The molecule has 21 heavy (non-hydrogen) atoms. The van der Waals surface area contributed by atoms with Crippen molar-refractivity contribution in [2.24, 2.45) is 12.0 Å². The number of aryl methyl sites for hydroxylation is 3. The van der Waals surface area contributed by atoms with E-state index in [0.717, 1.165) is 28.3 Å². The summed E-state index contributed by atoms with van der Waals surface area (Å²) in [6.45, 7) is 6.18. The maximum atomic E-state index is 12.4. The van der Waals surface area contributed by atoms with Crippen LogP contribution in [0.15, 0.2) is 28.0 Å². The summed E-state index contributed by atoms with van der Waals surface area (Å²) in [5.74, 6) is 0. The molecule has 0 atom stereocenters. The standard InChI is InChI=1S/C14H18N4O2S/c1-5-15-12(19)16-13-18(14(20)17(4)21-13)11-9(2)7-6-8-10(11)3/h6-8H,5H2,1-4H3,(H,15,19)/b16-13-. The molecule has 1 aromatic carbocycles. The number of urea groups is 1. The molecular formula is C14H18N4O2S. The number of aromatic nitrogens is 2. The molecule has 0 spiro atoms. The van der Waals surface area contributed by atoms with E-state index in [4.69, 9.17) is 0 Å². The third kappa shape index (κ3) is 2.97. The minimum atomic E-state index is -0.445. The van der Waals surface area contributed by atoms with E-state index in [1.807, 2.05) is 39.0 Å². The Hall–Kier alpha value is -2.15. The molecule has 0 saturated heterocycles. The quantitative estimate of drug-likeness (QED) is 0.913. The van der Waals surface area contributed by atoms with Crippen molar-refractivity contribution in [1.82, 2.24) is 13.8 Å². The van der Waals surface area contributed by atoms with Crippen LogP contribution >= 0.6 is 11.5 Å². The summed E-state index contributed by atoms with van der Waals surface area (Å²) in [6.07, 6.45) is 0. The third-order valence-electron chi connectivity index (χ3n) is 3.06. The molecule has 2 aromatic rings. The average Bonchev–Trinajstić information content (AvgIpc) is 2.66. The predicted octanol–water partition coefficient (Wildman–Crippen LogP) is 1.48. The van der Waals surface area contributed by atoms with Gasteiger partial charge in [-0.25, -0.2) is 18.1 Å². The number of benzene rings is 1. The van der Waals surface area contributed by atoms with Crippen molar-refractivity contribution >= 4 is 17.6 Å². The molecule has 7 heteroatoms. The first-order valence-corrected chi connectivity index (χ1v) is 7.41. The Labute approximate surface area is 126 Å². The van der Waals surface area contributed by atoms with Gasteiger partial charge in [0.15, 0.2) is 0 Å². The Morgan fingerprint density at radius 2 is 1.95 bits per heavy atom. The molecule has 0 radical (unpaired) electrons. The summed E-state index contributed by atoms with van der Waals surface area (Å²) in [5.41, 5.74) is 2.49. The average molecular weight is 306 g/mol. The van der Waals surface area contributed by atoms with Crippen LogP contribution in [0, 0.1) is 13.8 Å². The van der Waals surface area contributed by atoms with E-state index in [-0.39, 0.29) is 5.69 Å². The highest BCUT2D eigenvalue weighted by Crippen LogP contribution is 2.15. The zero-order chi connectivity index (χ0) is 15.6. The smallest absolute Gasteiger partial charge is 0.336 e. The molecular weight excluding hydrogens is 288 g/mol. The molecule has 0 aliphatic rings. The van der Waals surface area contributed by atoms with Gasteiger partial charge in [-0.15, -0.1) is 0 Å². The molecule has 1 N–H and O–H groups in total. The molecule has 1 heterocycles.